The van der Waals surface area contributed by atoms with Crippen molar-refractivity contribution in [3.8, 4) is 5.82 Å². The number of carbonyl (C=O) groups excluding carboxylic acids is 1. The standard InChI is InChI=1S/C21H23N7O2/c1-13-5-14(2)28(25-13)19-6-18(23-12-24-19)26-8-16-10-27(11-17(16)9-26)21(30)15-3-4-20(29)22-7-15/h3-7,12,16-17H,8-11H2,1-2H3,(H,22,29). The molecule has 0 bridgehead atoms. The van der Waals surface area contributed by atoms with Crippen LogP contribution in [0.5, 0.6) is 0 Å². The number of nitrogens with zero attached hydrogens (tertiary/aromatic N) is 6. The Morgan fingerprint density at radius 2 is 1.77 bits per heavy atom. The first-order valence-electron chi connectivity index (χ1n) is 10.1. The summed E-state index contributed by atoms with van der Waals surface area (Å²) < 4.78 is 1.84. The molecule has 154 valence electrons. The van der Waals surface area contributed by atoms with Crippen LogP contribution < -0.4 is 10.5 Å². The van der Waals surface area contributed by atoms with Gasteiger partial charge in [-0.2, -0.15) is 5.10 Å². The van der Waals surface area contributed by atoms with E-state index in [0.29, 0.717) is 30.5 Å². The highest BCUT2D eigenvalue weighted by Crippen LogP contribution is 2.34. The lowest BCUT2D eigenvalue weighted by Gasteiger charge is -2.22. The Balaban J connectivity index is 1.28. The lowest BCUT2D eigenvalue weighted by atomic mass is 10.0. The number of aromatic amines is 1. The summed E-state index contributed by atoms with van der Waals surface area (Å²) in [4.78, 5) is 39.6. The van der Waals surface area contributed by atoms with Gasteiger partial charge >= 0.3 is 0 Å². The van der Waals surface area contributed by atoms with Gasteiger partial charge in [0.05, 0.1) is 11.3 Å². The van der Waals surface area contributed by atoms with E-state index in [0.717, 1.165) is 36.1 Å². The fraction of sp³-hybridized carbons (Fsp3) is 0.381. The summed E-state index contributed by atoms with van der Waals surface area (Å²) in [6.45, 7) is 7.12. The molecule has 0 radical (unpaired) electrons. The average molecular weight is 405 g/mol. The van der Waals surface area contributed by atoms with E-state index in [1.165, 1.54) is 12.3 Å². The number of nitrogens with one attached hydrogen (secondary N) is 1. The first-order valence-corrected chi connectivity index (χ1v) is 10.1. The van der Waals surface area contributed by atoms with Crippen LogP contribution in [0.2, 0.25) is 0 Å². The van der Waals surface area contributed by atoms with Crippen molar-refractivity contribution < 1.29 is 4.79 Å². The summed E-state index contributed by atoms with van der Waals surface area (Å²) >= 11 is 0. The molecule has 1 amide bonds. The van der Waals surface area contributed by atoms with Crippen molar-refractivity contribution in [1.29, 1.82) is 0 Å². The van der Waals surface area contributed by atoms with Crippen LogP contribution in [0.1, 0.15) is 21.7 Å². The number of likely N-dealkylation sites (tertiary alicyclic amines) is 1. The molecule has 2 atom stereocenters. The lowest BCUT2D eigenvalue weighted by molar-refractivity contribution is 0.0782. The number of pyridine rings is 1. The second-order valence-corrected chi connectivity index (χ2v) is 8.15. The van der Waals surface area contributed by atoms with Crippen LogP contribution in [0, 0.1) is 25.7 Å². The number of aromatic nitrogens is 5. The van der Waals surface area contributed by atoms with E-state index in [-0.39, 0.29) is 11.5 Å². The predicted molar refractivity (Wildman–Crippen MR) is 111 cm³/mol. The van der Waals surface area contributed by atoms with Crippen LogP contribution >= 0.6 is 0 Å². The molecule has 3 aromatic rings. The van der Waals surface area contributed by atoms with Crippen LogP contribution in [0.15, 0.2) is 41.6 Å². The van der Waals surface area contributed by atoms with Crippen molar-refractivity contribution in [2.75, 3.05) is 31.1 Å². The van der Waals surface area contributed by atoms with Gasteiger partial charge in [0, 0.05) is 62.0 Å². The van der Waals surface area contributed by atoms with Crippen molar-refractivity contribution in [3.63, 3.8) is 0 Å². The van der Waals surface area contributed by atoms with Crippen LogP contribution in [-0.4, -0.2) is 61.7 Å². The minimum atomic E-state index is -0.204. The van der Waals surface area contributed by atoms with Crippen LogP contribution in [0.4, 0.5) is 5.82 Å². The Morgan fingerprint density at radius 1 is 1.03 bits per heavy atom. The average Bonchev–Trinajstić information content (AvgIpc) is 3.41. The van der Waals surface area contributed by atoms with Gasteiger partial charge in [0.25, 0.3) is 5.91 Å². The van der Waals surface area contributed by atoms with Gasteiger partial charge in [-0.05, 0) is 26.0 Å². The zero-order valence-electron chi connectivity index (χ0n) is 16.9. The minimum absolute atomic E-state index is 0.0268. The molecular formula is C21H23N7O2. The highest BCUT2D eigenvalue weighted by atomic mass is 16.2. The molecule has 2 fully saturated rings. The minimum Gasteiger partial charge on any atom is -0.356 e. The molecule has 0 spiro atoms. The summed E-state index contributed by atoms with van der Waals surface area (Å²) in [6.07, 6.45) is 3.08. The molecular weight excluding hydrogens is 382 g/mol. The van der Waals surface area contributed by atoms with Gasteiger partial charge in [0.15, 0.2) is 5.82 Å². The second kappa shape index (κ2) is 7.08. The SMILES string of the molecule is Cc1cc(C)n(-c2cc(N3CC4CN(C(=O)c5ccc(=O)[nH]c5)CC4C3)ncn2)n1. The third-order valence-corrected chi connectivity index (χ3v) is 5.99. The normalized spacial score (nSPS) is 20.6. The second-order valence-electron chi connectivity index (χ2n) is 8.15. The van der Waals surface area contributed by atoms with Gasteiger partial charge in [-0.25, -0.2) is 14.6 Å². The smallest absolute Gasteiger partial charge is 0.255 e. The number of aryl methyl sites for hydroxylation is 2. The third-order valence-electron chi connectivity index (χ3n) is 5.99. The molecule has 5 heterocycles. The Labute approximate surface area is 173 Å². The maximum atomic E-state index is 12.7. The molecule has 0 saturated carbocycles. The fourth-order valence-electron chi connectivity index (χ4n) is 4.56. The number of amides is 1. The van der Waals surface area contributed by atoms with Gasteiger partial charge in [-0.3, -0.25) is 9.59 Å². The Bertz CT molecular complexity index is 1130. The molecule has 5 rings (SSSR count). The van der Waals surface area contributed by atoms with E-state index >= 15 is 0 Å². The highest BCUT2D eigenvalue weighted by Gasteiger charge is 2.42. The van der Waals surface area contributed by atoms with Crippen LogP contribution in [0.3, 0.4) is 0 Å². The van der Waals surface area contributed by atoms with Gasteiger partial charge < -0.3 is 14.8 Å². The van der Waals surface area contributed by atoms with E-state index in [2.05, 4.69) is 25.0 Å². The van der Waals surface area contributed by atoms with Crippen molar-refractivity contribution >= 4 is 11.7 Å². The number of hydrogen-bond donors (Lipinski definition) is 1. The van der Waals surface area contributed by atoms with E-state index in [9.17, 15) is 9.59 Å². The summed E-state index contributed by atoms with van der Waals surface area (Å²) in [5.41, 5.74) is 2.31. The molecule has 2 unspecified atom stereocenters. The highest BCUT2D eigenvalue weighted by molar-refractivity contribution is 5.94. The van der Waals surface area contributed by atoms with Crippen LogP contribution in [0.25, 0.3) is 5.82 Å². The first kappa shape index (κ1) is 18.5. The summed E-state index contributed by atoms with van der Waals surface area (Å²) in [7, 11) is 0. The van der Waals surface area contributed by atoms with Crippen molar-refractivity contribution in [2.24, 2.45) is 11.8 Å². The molecule has 9 heteroatoms. The Kier molecular flexibility index (Phi) is 4.38. The maximum absolute atomic E-state index is 12.7. The maximum Gasteiger partial charge on any atom is 0.255 e. The number of carbonyl (C=O) groups is 1. The summed E-state index contributed by atoms with van der Waals surface area (Å²) in [6, 6.07) is 6.98. The summed E-state index contributed by atoms with van der Waals surface area (Å²) in [5.74, 6) is 2.44. The van der Waals surface area contributed by atoms with Crippen molar-refractivity contribution in [1.82, 2.24) is 29.6 Å². The topological polar surface area (TPSA) is 100 Å². The monoisotopic (exact) mass is 405 g/mol. The van der Waals surface area contributed by atoms with Gasteiger partial charge in [-0.15, -0.1) is 0 Å². The Morgan fingerprint density at radius 3 is 2.40 bits per heavy atom. The number of hydrogen-bond acceptors (Lipinski definition) is 6. The number of fused-ring (bicyclic) bond motifs is 1. The molecule has 9 nitrogen and oxygen atoms in total. The van der Waals surface area contributed by atoms with E-state index in [1.54, 1.807) is 12.4 Å². The molecule has 2 saturated heterocycles. The lowest BCUT2D eigenvalue weighted by Crippen LogP contribution is -2.33. The number of H-pyrrole nitrogens is 1. The predicted octanol–water partition coefficient (Wildman–Crippen LogP) is 1.18. The third kappa shape index (κ3) is 3.26. The molecule has 2 aliphatic rings. The molecule has 2 aliphatic heterocycles. The van der Waals surface area contributed by atoms with Crippen molar-refractivity contribution in [3.05, 3.63) is 64.1 Å². The largest absolute Gasteiger partial charge is 0.356 e. The fourth-order valence-corrected chi connectivity index (χ4v) is 4.56. The molecule has 0 aliphatic carbocycles. The first-order chi connectivity index (χ1) is 14.5. The number of rotatable bonds is 3. The number of anilines is 1. The molecule has 0 aromatic carbocycles. The van der Waals surface area contributed by atoms with Gasteiger partial charge in [-0.1, -0.05) is 0 Å². The van der Waals surface area contributed by atoms with E-state index in [4.69, 9.17) is 0 Å². The van der Waals surface area contributed by atoms with Gasteiger partial charge in [0.2, 0.25) is 5.56 Å². The molecule has 3 aromatic heterocycles. The zero-order valence-corrected chi connectivity index (χ0v) is 16.9. The quantitative estimate of drug-likeness (QED) is 0.702. The van der Waals surface area contributed by atoms with Crippen LogP contribution in [-0.2, 0) is 0 Å². The van der Waals surface area contributed by atoms with E-state index < -0.39 is 0 Å². The van der Waals surface area contributed by atoms with E-state index in [1.807, 2.05) is 35.6 Å². The molecule has 30 heavy (non-hydrogen) atoms. The molecule has 1 N–H and O–H groups in total. The Hall–Kier alpha value is -3.49. The van der Waals surface area contributed by atoms with Crippen molar-refractivity contribution in [2.45, 2.75) is 13.8 Å². The van der Waals surface area contributed by atoms with Gasteiger partial charge in [0.1, 0.15) is 12.1 Å². The summed E-state index contributed by atoms with van der Waals surface area (Å²) in [5, 5.41) is 4.51. The zero-order chi connectivity index (χ0) is 20.8.